The summed E-state index contributed by atoms with van der Waals surface area (Å²) in [5.41, 5.74) is 1.72. The molecular weight excluding hydrogens is 392 g/mol. The molecule has 3 rings (SSSR count). The smallest absolute Gasteiger partial charge is 0.344 e. The number of rotatable bonds is 8. The molecule has 150 valence electrons. The number of thiazole rings is 1. The second-order valence-corrected chi connectivity index (χ2v) is 6.82. The van der Waals surface area contributed by atoms with Gasteiger partial charge in [-0.15, -0.1) is 11.3 Å². The topological polar surface area (TPSA) is 86.8 Å². The van der Waals surface area contributed by atoms with Crippen molar-refractivity contribution in [3.63, 3.8) is 0 Å². The molecule has 0 fully saturated rings. The van der Waals surface area contributed by atoms with Gasteiger partial charge in [0.1, 0.15) is 0 Å². The molecule has 1 heterocycles. The number of nitrogens with zero attached hydrogens (tertiary/aromatic N) is 1. The van der Waals surface area contributed by atoms with Crippen molar-refractivity contribution in [3.05, 3.63) is 60.0 Å². The molecule has 1 N–H and O–H groups in total. The third kappa shape index (κ3) is 5.55. The van der Waals surface area contributed by atoms with Gasteiger partial charge in [-0.05, 0) is 19.1 Å². The predicted octanol–water partition coefficient (Wildman–Crippen LogP) is 3.77. The lowest BCUT2D eigenvalue weighted by atomic mass is 10.2. The van der Waals surface area contributed by atoms with Gasteiger partial charge in [0.2, 0.25) is 0 Å². The number of methoxy groups -OCH3 is 1. The van der Waals surface area contributed by atoms with Crippen molar-refractivity contribution in [1.82, 2.24) is 4.98 Å². The zero-order chi connectivity index (χ0) is 20.6. The van der Waals surface area contributed by atoms with Gasteiger partial charge < -0.3 is 14.2 Å². The largest absolute Gasteiger partial charge is 0.493 e. The number of para-hydroxylation sites is 2. The summed E-state index contributed by atoms with van der Waals surface area (Å²) in [6.07, 6.45) is -0.993. The normalized spacial score (nSPS) is 11.4. The molecule has 29 heavy (non-hydrogen) atoms. The van der Waals surface area contributed by atoms with Crippen LogP contribution < -0.4 is 14.8 Å². The monoisotopic (exact) mass is 412 g/mol. The average Bonchev–Trinajstić information content (AvgIpc) is 3.21. The Morgan fingerprint density at radius 3 is 2.48 bits per heavy atom. The van der Waals surface area contributed by atoms with Crippen molar-refractivity contribution in [2.45, 2.75) is 13.0 Å². The number of esters is 1. The summed E-state index contributed by atoms with van der Waals surface area (Å²) >= 11 is 1.30. The molecule has 1 atom stereocenters. The van der Waals surface area contributed by atoms with Gasteiger partial charge in [-0.25, -0.2) is 9.78 Å². The Morgan fingerprint density at radius 1 is 1.07 bits per heavy atom. The van der Waals surface area contributed by atoms with Crippen molar-refractivity contribution >= 4 is 28.3 Å². The van der Waals surface area contributed by atoms with E-state index in [-0.39, 0.29) is 6.61 Å². The first kappa shape index (κ1) is 20.3. The molecule has 0 radical (unpaired) electrons. The second kappa shape index (κ2) is 9.70. The molecule has 1 unspecified atom stereocenters. The molecule has 0 saturated carbocycles. The number of benzene rings is 2. The van der Waals surface area contributed by atoms with Gasteiger partial charge in [-0.3, -0.25) is 10.1 Å². The fraction of sp³-hybridized carbons (Fsp3) is 0.190. The van der Waals surface area contributed by atoms with Crippen molar-refractivity contribution in [3.8, 4) is 22.8 Å². The maximum Gasteiger partial charge on any atom is 0.344 e. The summed E-state index contributed by atoms with van der Waals surface area (Å²) < 4.78 is 15.7. The number of ether oxygens (including phenoxy) is 3. The Labute approximate surface area is 172 Å². The van der Waals surface area contributed by atoms with E-state index >= 15 is 0 Å². The fourth-order valence-electron chi connectivity index (χ4n) is 2.44. The minimum atomic E-state index is -0.993. The van der Waals surface area contributed by atoms with Gasteiger partial charge in [0.15, 0.2) is 29.3 Å². The van der Waals surface area contributed by atoms with Gasteiger partial charge in [0.05, 0.1) is 12.8 Å². The van der Waals surface area contributed by atoms with E-state index < -0.39 is 18.0 Å². The van der Waals surface area contributed by atoms with Crippen LogP contribution in [0.25, 0.3) is 11.3 Å². The highest BCUT2D eigenvalue weighted by molar-refractivity contribution is 7.14. The lowest BCUT2D eigenvalue weighted by Crippen LogP contribution is -2.31. The van der Waals surface area contributed by atoms with E-state index in [1.54, 1.807) is 24.3 Å². The molecule has 0 spiro atoms. The first-order chi connectivity index (χ1) is 14.1. The van der Waals surface area contributed by atoms with Crippen LogP contribution in [0.5, 0.6) is 11.5 Å². The molecule has 2 aromatic carbocycles. The van der Waals surface area contributed by atoms with E-state index in [1.165, 1.54) is 25.4 Å². The maximum atomic E-state index is 12.3. The molecule has 0 aliphatic rings. The van der Waals surface area contributed by atoms with Gasteiger partial charge in [0.25, 0.3) is 5.91 Å². The maximum absolute atomic E-state index is 12.3. The zero-order valence-corrected chi connectivity index (χ0v) is 16.8. The Bertz CT molecular complexity index is 974. The molecule has 1 aromatic heterocycles. The zero-order valence-electron chi connectivity index (χ0n) is 16.0. The molecule has 7 nitrogen and oxygen atoms in total. The third-order valence-electron chi connectivity index (χ3n) is 3.90. The minimum absolute atomic E-state index is 0.340. The fourth-order valence-corrected chi connectivity index (χ4v) is 3.16. The number of carbonyl (C=O) groups is 2. The summed E-state index contributed by atoms with van der Waals surface area (Å²) in [7, 11) is 1.51. The Kier molecular flexibility index (Phi) is 6.80. The molecule has 3 aromatic rings. The molecule has 0 saturated heterocycles. The number of carbonyl (C=O) groups excluding carboxylic acids is 2. The van der Waals surface area contributed by atoms with Gasteiger partial charge >= 0.3 is 5.97 Å². The average molecular weight is 412 g/mol. The predicted molar refractivity (Wildman–Crippen MR) is 110 cm³/mol. The number of anilines is 1. The SMILES string of the molecule is COc1ccccc1OCC(=O)OC(C)C(=O)Nc1nc(-c2ccccc2)cs1. The van der Waals surface area contributed by atoms with Crippen LogP contribution in [-0.2, 0) is 14.3 Å². The van der Waals surface area contributed by atoms with E-state index in [4.69, 9.17) is 14.2 Å². The number of hydrogen-bond donors (Lipinski definition) is 1. The molecule has 1 amide bonds. The molecular formula is C21H20N2O5S. The lowest BCUT2D eigenvalue weighted by Gasteiger charge is -2.13. The summed E-state index contributed by atoms with van der Waals surface area (Å²) in [5.74, 6) is -0.211. The number of amides is 1. The van der Waals surface area contributed by atoms with Gasteiger partial charge in [-0.1, -0.05) is 42.5 Å². The summed E-state index contributed by atoms with van der Waals surface area (Å²) in [6, 6.07) is 16.6. The van der Waals surface area contributed by atoms with Crippen LogP contribution in [0, 0.1) is 0 Å². The van der Waals surface area contributed by atoms with E-state index in [1.807, 2.05) is 35.7 Å². The van der Waals surface area contributed by atoms with Crippen molar-refractivity contribution in [2.75, 3.05) is 19.0 Å². The summed E-state index contributed by atoms with van der Waals surface area (Å²) in [6.45, 7) is 1.15. The highest BCUT2D eigenvalue weighted by atomic mass is 32.1. The first-order valence-electron chi connectivity index (χ1n) is 8.84. The Balaban J connectivity index is 1.50. The van der Waals surface area contributed by atoms with E-state index in [0.717, 1.165) is 11.3 Å². The van der Waals surface area contributed by atoms with Crippen LogP contribution in [0.4, 0.5) is 5.13 Å². The molecule has 8 heteroatoms. The number of hydrogen-bond acceptors (Lipinski definition) is 7. The molecule has 0 bridgehead atoms. The number of aromatic nitrogens is 1. The Morgan fingerprint density at radius 2 is 1.76 bits per heavy atom. The van der Waals surface area contributed by atoms with Crippen LogP contribution in [-0.4, -0.2) is 36.7 Å². The third-order valence-corrected chi connectivity index (χ3v) is 4.65. The summed E-state index contributed by atoms with van der Waals surface area (Å²) in [4.78, 5) is 28.7. The second-order valence-electron chi connectivity index (χ2n) is 5.96. The van der Waals surface area contributed by atoms with Crippen LogP contribution in [0.1, 0.15) is 6.92 Å². The van der Waals surface area contributed by atoms with E-state index in [0.29, 0.717) is 16.6 Å². The highest BCUT2D eigenvalue weighted by Gasteiger charge is 2.20. The first-order valence-corrected chi connectivity index (χ1v) is 9.72. The lowest BCUT2D eigenvalue weighted by molar-refractivity contribution is -0.155. The summed E-state index contributed by atoms with van der Waals surface area (Å²) in [5, 5.41) is 4.94. The quantitative estimate of drug-likeness (QED) is 0.567. The van der Waals surface area contributed by atoms with Gasteiger partial charge in [-0.2, -0.15) is 0 Å². The van der Waals surface area contributed by atoms with Crippen molar-refractivity contribution in [1.29, 1.82) is 0 Å². The molecule has 0 aliphatic carbocycles. The van der Waals surface area contributed by atoms with Crippen molar-refractivity contribution < 1.29 is 23.8 Å². The van der Waals surface area contributed by atoms with Crippen LogP contribution in [0.3, 0.4) is 0 Å². The molecule has 0 aliphatic heterocycles. The standard InChI is InChI=1S/C21H20N2O5S/c1-14(28-19(24)12-27-18-11-7-6-10-17(18)26-2)20(25)23-21-22-16(13-29-21)15-8-4-3-5-9-15/h3-11,13-14H,12H2,1-2H3,(H,22,23,25). The highest BCUT2D eigenvalue weighted by Crippen LogP contribution is 2.26. The van der Waals surface area contributed by atoms with Crippen molar-refractivity contribution in [2.24, 2.45) is 0 Å². The Hall–Kier alpha value is -3.39. The van der Waals surface area contributed by atoms with E-state index in [2.05, 4.69) is 10.3 Å². The van der Waals surface area contributed by atoms with E-state index in [9.17, 15) is 9.59 Å². The van der Waals surface area contributed by atoms with Crippen LogP contribution >= 0.6 is 11.3 Å². The number of nitrogens with one attached hydrogen (secondary N) is 1. The van der Waals surface area contributed by atoms with Gasteiger partial charge in [0, 0.05) is 10.9 Å². The minimum Gasteiger partial charge on any atom is -0.493 e. The van der Waals surface area contributed by atoms with Crippen LogP contribution in [0.15, 0.2) is 60.0 Å². The van der Waals surface area contributed by atoms with Crippen LogP contribution in [0.2, 0.25) is 0 Å².